The molecule has 4 rings (SSSR count). The molecule has 2 aromatic carbocycles. The molecule has 9 heteroatoms. The molecule has 0 radical (unpaired) electrons. The topological polar surface area (TPSA) is 111 Å². The third-order valence-electron chi connectivity index (χ3n) is 5.00. The number of carboxylic acid groups (broad SMARTS) is 1. The molecule has 0 fully saturated rings. The summed E-state index contributed by atoms with van der Waals surface area (Å²) in [6.07, 6.45) is 6.40. The van der Waals surface area contributed by atoms with Gasteiger partial charge in [0.1, 0.15) is 11.5 Å². The van der Waals surface area contributed by atoms with Gasteiger partial charge in [0, 0.05) is 35.8 Å². The van der Waals surface area contributed by atoms with Gasteiger partial charge in [-0.05, 0) is 29.8 Å². The molecule has 0 saturated carbocycles. The number of hydrogen-bond donors (Lipinski definition) is 2. The molecule has 2 heterocycles. The van der Waals surface area contributed by atoms with E-state index in [1.807, 2.05) is 6.07 Å². The molecular weight excluding hydrogens is 400 g/mol. The lowest BCUT2D eigenvalue weighted by Gasteiger charge is -2.15. The van der Waals surface area contributed by atoms with E-state index >= 15 is 0 Å². The van der Waals surface area contributed by atoms with Crippen molar-refractivity contribution in [2.75, 3.05) is 14.2 Å². The van der Waals surface area contributed by atoms with Crippen molar-refractivity contribution < 1.29 is 19.4 Å². The number of aromatic nitrogens is 4. The van der Waals surface area contributed by atoms with Crippen molar-refractivity contribution >= 4 is 5.97 Å². The van der Waals surface area contributed by atoms with E-state index < -0.39 is 17.7 Å². The lowest BCUT2D eigenvalue weighted by atomic mass is 10.1. The third-order valence-corrected chi connectivity index (χ3v) is 5.00. The molecule has 9 nitrogen and oxygen atoms in total. The first-order chi connectivity index (χ1) is 15.0. The van der Waals surface area contributed by atoms with E-state index in [1.165, 1.54) is 28.6 Å². The Kier molecular flexibility index (Phi) is 5.31. The van der Waals surface area contributed by atoms with Crippen molar-refractivity contribution in [1.29, 1.82) is 0 Å². The zero-order valence-electron chi connectivity index (χ0n) is 16.9. The van der Waals surface area contributed by atoms with Crippen LogP contribution in [0.4, 0.5) is 0 Å². The number of hydrogen-bond acceptors (Lipinski definition) is 5. The highest BCUT2D eigenvalue weighted by Gasteiger charge is 2.25. The zero-order chi connectivity index (χ0) is 22.0. The molecular formula is C22H20N4O5. The number of carbonyl (C=O) groups is 1. The van der Waals surface area contributed by atoms with Gasteiger partial charge in [-0.25, -0.2) is 9.59 Å². The van der Waals surface area contributed by atoms with E-state index in [0.29, 0.717) is 22.7 Å². The number of nitrogens with zero attached hydrogens (tertiary/aromatic N) is 3. The van der Waals surface area contributed by atoms with Gasteiger partial charge in [-0.3, -0.25) is 14.2 Å². The second-order valence-corrected chi connectivity index (χ2v) is 6.75. The molecule has 0 aliphatic heterocycles. The van der Waals surface area contributed by atoms with E-state index in [9.17, 15) is 14.7 Å². The highest BCUT2D eigenvalue weighted by Crippen LogP contribution is 2.31. The molecule has 0 saturated heterocycles. The molecule has 1 unspecified atom stereocenters. The van der Waals surface area contributed by atoms with Crippen LogP contribution in [0.1, 0.15) is 11.6 Å². The molecule has 0 bridgehead atoms. The monoisotopic (exact) mass is 420 g/mol. The van der Waals surface area contributed by atoms with Crippen molar-refractivity contribution in [3.05, 3.63) is 83.3 Å². The maximum Gasteiger partial charge on any atom is 0.333 e. The lowest BCUT2D eigenvalue weighted by molar-refractivity contribution is -0.139. The van der Waals surface area contributed by atoms with Crippen LogP contribution in [0.2, 0.25) is 0 Å². The molecule has 31 heavy (non-hydrogen) atoms. The summed E-state index contributed by atoms with van der Waals surface area (Å²) < 4.78 is 13.2. The molecule has 0 aliphatic rings. The summed E-state index contributed by atoms with van der Waals surface area (Å²) in [7, 11) is 3.04. The molecule has 0 amide bonds. The molecule has 0 spiro atoms. The first-order valence-electron chi connectivity index (χ1n) is 9.37. The van der Waals surface area contributed by atoms with Gasteiger partial charge >= 0.3 is 11.7 Å². The van der Waals surface area contributed by atoms with Gasteiger partial charge in [-0.1, -0.05) is 12.1 Å². The summed E-state index contributed by atoms with van der Waals surface area (Å²) in [5.74, 6) is -0.0853. The Morgan fingerprint density at radius 2 is 1.97 bits per heavy atom. The first kappa shape index (κ1) is 20.0. The van der Waals surface area contributed by atoms with Crippen LogP contribution in [0, 0.1) is 0 Å². The predicted octanol–water partition coefficient (Wildman–Crippen LogP) is 2.72. The van der Waals surface area contributed by atoms with Crippen molar-refractivity contribution in [3.63, 3.8) is 0 Å². The van der Waals surface area contributed by atoms with Gasteiger partial charge < -0.3 is 14.6 Å². The first-order valence-corrected chi connectivity index (χ1v) is 9.37. The van der Waals surface area contributed by atoms with Crippen molar-refractivity contribution in [3.8, 4) is 28.3 Å². The number of carboxylic acids is 1. The minimum Gasteiger partial charge on any atom is -0.497 e. The summed E-state index contributed by atoms with van der Waals surface area (Å²) >= 11 is 0. The number of methoxy groups -OCH3 is 2. The average molecular weight is 420 g/mol. The van der Waals surface area contributed by atoms with Crippen molar-refractivity contribution in [2.45, 2.75) is 6.04 Å². The molecule has 0 aliphatic carbocycles. The predicted molar refractivity (Wildman–Crippen MR) is 113 cm³/mol. The summed E-state index contributed by atoms with van der Waals surface area (Å²) in [5, 5.41) is 16.5. The Morgan fingerprint density at radius 1 is 1.13 bits per heavy atom. The van der Waals surface area contributed by atoms with Crippen LogP contribution in [0.25, 0.3) is 16.8 Å². The SMILES string of the molecule is COc1cccc(C(C(=O)O)n2ccn(-c3ccc(-c4cn[nH]c4)c(OC)c3)c2=O)c1. The van der Waals surface area contributed by atoms with Crippen LogP contribution in [-0.4, -0.2) is 44.6 Å². The van der Waals surface area contributed by atoms with E-state index in [4.69, 9.17) is 9.47 Å². The number of rotatable bonds is 7. The fourth-order valence-corrected chi connectivity index (χ4v) is 3.48. The standard InChI is InChI=1S/C22H20N4O5/c1-30-17-5-3-4-14(10-17)20(21(27)28)26-9-8-25(22(26)29)16-6-7-18(19(11-16)31-2)15-12-23-24-13-15/h3-13,20H,1-2H3,(H,23,24)(H,27,28). The highest BCUT2D eigenvalue weighted by molar-refractivity contribution is 5.76. The van der Waals surface area contributed by atoms with Gasteiger partial charge in [-0.15, -0.1) is 0 Å². The second-order valence-electron chi connectivity index (χ2n) is 6.75. The second kappa shape index (κ2) is 8.23. The highest BCUT2D eigenvalue weighted by atomic mass is 16.5. The lowest BCUT2D eigenvalue weighted by Crippen LogP contribution is -2.31. The Labute approximate surface area is 177 Å². The largest absolute Gasteiger partial charge is 0.497 e. The number of benzene rings is 2. The summed E-state index contributed by atoms with van der Waals surface area (Å²) in [4.78, 5) is 25.2. The number of H-pyrrole nitrogens is 1. The average Bonchev–Trinajstić information content (AvgIpc) is 3.44. The van der Waals surface area contributed by atoms with Gasteiger partial charge in [0.2, 0.25) is 0 Å². The van der Waals surface area contributed by atoms with Gasteiger partial charge in [0.15, 0.2) is 6.04 Å². The quantitative estimate of drug-likeness (QED) is 0.476. The van der Waals surface area contributed by atoms with Gasteiger partial charge in [-0.2, -0.15) is 5.10 Å². The fraction of sp³-hybridized carbons (Fsp3) is 0.136. The van der Waals surface area contributed by atoms with E-state index in [2.05, 4.69) is 10.2 Å². The zero-order valence-corrected chi connectivity index (χ0v) is 16.9. The number of ether oxygens (including phenoxy) is 2. The minimum atomic E-state index is -1.20. The summed E-state index contributed by atoms with van der Waals surface area (Å²) in [6, 6.07) is 10.7. The Morgan fingerprint density at radius 3 is 2.65 bits per heavy atom. The van der Waals surface area contributed by atoms with Crippen LogP contribution in [0.5, 0.6) is 11.5 Å². The summed E-state index contributed by atoms with van der Waals surface area (Å²) in [6.45, 7) is 0. The van der Waals surface area contributed by atoms with E-state index in [-0.39, 0.29) is 0 Å². The number of nitrogens with one attached hydrogen (secondary N) is 1. The van der Waals surface area contributed by atoms with E-state index in [0.717, 1.165) is 11.1 Å². The third kappa shape index (κ3) is 3.68. The Bertz CT molecular complexity index is 1270. The van der Waals surface area contributed by atoms with Crippen LogP contribution in [0.3, 0.4) is 0 Å². The molecule has 1 atom stereocenters. The maximum absolute atomic E-state index is 13.1. The van der Waals surface area contributed by atoms with Gasteiger partial charge in [0.25, 0.3) is 0 Å². The normalized spacial score (nSPS) is 11.8. The van der Waals surface area contributed by atoms with Crippen molar-refractivity contribution in [1.82, 2.24) is 19.3 Å². The van der Waals surface area contributed by atoms with Crippen molar-refractivity contribution in [2.24, 2.45) is 0 Å². The summed E-state index contributed by atoms with van der Waals surface area (Å²) in [5.41, 5.74) is 2.14. The Balaban J connectivity index is 1.77. The van der Waals surface area contributed by atoms with Crippen LogP contribution >= 0.6 is 0 Å². The maximum atomic E-state index is 13.1. The smallest absolute Gasteiger partial charge is 0.333 e. The minimum absolute atomic E-state index is 0.430. The molecule has 2 N–H and O–H groups in total. The molecule has 158 valence electrons. The molecule has 2 aromatic heterocycles. The number of aromatic amines is 1. The van der Waals surface area contributed by atoms with Crippen LogP contribution in [-0.2, 0) is 4.79 Å². The van der Waals surface area contributed by atoms with Gasteiger partial charge in [0.05, 0.1) is 26.1 Å². The van der Waals surface area contributed by atoms with Crippen LogP contribution in [0.15, 0.2) is 72.0 Å². The van der Waals surface area contributed by atoms with E-state index in [1.54, 1.807) is 55.9 Å². The number of aliphatic carboxylic acids is 1. The molecule has 4 aromatic rings. The van der Waals surface area contributed by atoms with Crippen LogP contribution < -0.4 is 15.2 Å². The Hall–Kier alpha value is -4.27. The number of imidazole rings is 1. The fourth-order valence-electron chi connectivity index (χ4n) is 3.48.